The van der Waals surface area contributed by atoms with Gasteiger partial charge in [-0.25, -0.2) is 8.42 Å². The molecule has 3 aliphatic carbocycles. The molecule has 1 spiro atoms. The number of sulfone groups is 1. The summed E-state index contributed by atoms with van der Waals surface area (Å²) in [5, 5.41) is 3.11. The Bertz CT molecular complexity index is 977. The first-order valence-corrected chi connectivity index (χ1v) is 12.2. The van der Waals surface area contributed by atoms with Gasteiger partial charge in [-0.05, 0) is 43.7 Å². The Kier molecular flexibility index (Phi) is 4.21. The van der Waals surface area contributed by atoms with Crippen LogP contribution in [-0.4, -0.2) is 55.5 Å². The Morgan fingerprint density at radius 2 is 2.03 bits per heavy atom. The molecule has 1 N–H and O–H groups in total. The van der Waals surface area contributed by atoms with Crippen LogP contribution in [0.15, 0.2) is 24.3 Å². The molecule has 5 aliphatic rings. The van der Waals surface area contributed by atoms with Gasteiger partial charge >= 0.3 is 0 Å². The number of nitrogens with one attached hydrogen (secondary N) is 1. The van der Waals surface area contributed by atoms with E-state index < -0.39 is 15.6 Å². The number of carbonyl (C=O) groups is 2. The minimum absolute atomic E-state index is 0.0409. The fourth-order valence-corrected chi connectivity index (χ4v) is 7.56. The quantitative estimate of drug-likeness (QED) is 0.787. The van der Waals surface area contributed by atoms with E-state index in [1.807, 2.05) is 18.2 Å². The number of ether oxygens (including phenoxy) is 1. The van der Waals surface area contributed by atoms with E-state index in [0.717, 1.165) is 12.8 Å². The molecule has 156 valence electrons. The lowest BCUT2D eigenvalue weighted by Crippen LogP contribution is -2.67. The lowest BCUT2D eigenvalue weighted by atomic mass is 9.59. The Morgan fingerprint density at radius 3 is 2.72 bits per heavy atom. The van der Waals surface area contributed by atoms with Crippen LogP contribution in [0.5, 0.6) is 5.75 Å². The van der Waals surface area contributed by atoms with Crippen LogP contribution in [-0.2, 0) is 14.6 Å². The van der Waals surface area contributed by atoms with E-state index in [0.29, 0.717) is 30.6 Å². The molecular formula is C21H26N2O5S. The number of benzene rings is 1. The molecule has 5 atom stereocenters. The van der Waals surface area contributed by atoms with E-state index in [1.54, 1.807) is 18.0 Å². The minimum Gasteiger partial charge on any atom is -0.467 e. The number of hydrogen-bond acceptors (Lipinski definition) is 5. The Labute approximate surface area is 170 Å². The molecule has 8 heteroatoms. The van der Waals surface area contributed by atoms with Gasteiger partial charge < -0.3 is 15.0 Å². The summed E-state index contributed by atoms with van der Waals surface area (Å²) in [7, 11) is -1.30. The zero-order chi connectivity index (χ0) is 20.4. The van der Waals surface area contributed by atoms with Crippen molar-refractivity contribution in [3.8, 4) is 5.75 Å². The lowest BCUT2D eigenvalue weighted by Gasteiger charge is -2.55. The van der Waals surface area contributed by atoms with Gasteiger partial charge in [0.2, 0.25) is 5.91 Å². The first-order chi connectivity index (χ1) is 13.8. The van der Waals surface area contributed by atoms with Crippen molar-refractivity contribution < 1.29 is 22.7 Å². The molecule has 0 radical (unpaired) electrons. The third kappa shape index (κ3) is 3.03. The first kappa shape index (κ1) is 18.9. The molecule has 6 rings (SSSR count). The van der Waals surface area contributed by atoms with E-state index in [9.17, 15) is 18.0 Å². The van der Waals surface area contributed by atoms with Crippen molar-refractivity contribution in [3.05, 3.63) is 29.8 Å². The van der Waals surface area contributed by atoms with Crippen LogP contribution in [0.25, 0.3) is 0 Å². The average molecular weight is 419 g/mol. The highest BCUT2D eigenvalue weighted by molar-refractivity contribution is 7.91. The van der Waals surface area contributed by atoms with Gasteiger partial charge in [0, 0.05) is 31.3 Å². The predicted molar refractivity (Wildman–Crippen MR) is 106 cm³/mol. The van der Waals surface area contributed by atoms with Gasteiger partial charge in [-0.2, -0.15) is 0 Å². The largest absolute Gasteiger partial charge is 0.467 e. The van der Waals surface area contributed by atoms with Gasteiger partial charge in [0.1, 0.15) is 5.75 Å². The molecule has 1 aromatic rings. The fraction of sp³-hybridized carbons (Fsp3) is 0.619. The number of para-hydroxylation sites is 1. The van der Waals surface area contributed by atoms with Crippen molar-refractivity contribution in [2.45, 2.75) is 43.9 Å². The first-order valence-electron chi connectivity index (χ1n) is 10.4. The van der Waals surface area contributed by atoms with Crippen molar-refractivity contribution in [1.29, 1.82) is 0 Å². The van der Waals surface area contributed by atoms with E-state index in [2.05, 4.69) is 5.32 Å². The second kappa shape index (κ2) is 6.45. The van der Waals surface area contributed by atoms with E-state index in [-0.39, 0.29) is 47.1 Å². The molecule has 7 nitrogen and oxygen atoms in total. The molecule has 5 unspecified atom stereocenters. The fourth-order valence-electron chi connectivity index (χ4n) is 5.78. The highest BCUT2D eigenvalue weighted by Gasteiger charge is 2.57. The highest BCUT2D eigenvalue weighted by atomic mass is 32.2. The summed E-state index contributed by atoms with van der Waals surface area (Å²) in [6, 6.07) is 7.05. The number of amides is 2. The second-order valence-corrected chi connectivity index (χ2v) is 11.3. The van der Waals surface area contributed by atoms with Crippen LogP contribution in [0.4, 0.5) is 0 Å². The number of carbonyl (C=O) groups excluding carboxylic acids is 2. The standard InChI is InChI=1S/C21H26N2O5S/c1-23(15-8-9-29(26,27)12-15)20(25)17-10-14-7-6-13(17)11-21(14)22-19(24)16-4-2-3-5-18(16)28-21/h2-5,13-15,17H,6-12H2,1H3,(H,22,24). The van der Waals surface area contributed by atoms with Crippen LogP contribution in [0.2, 0.25) is 0 Å². The molecule has 0 aromatic heterocycles. The summed E-state index contributed by atoms with van der Waals surface area (Å²) >= 11 is 0. The summed E-state index contributed by atoms with van der Waals surface area (Å²) in [5.41, 5.74) is -0.185. The van der Waals surface area contributed by atoms with Crippen LogP contribution in [0, 0.1) is 17.8 Å². The van der Waals surface area contributed by atoms with Gasteiger partial charge in [0.05, 0.1) is 17.1 Å². The molecule has 1 saturated heterocycles. The van der Waals surface area contributed by atoms with E-state index in [1.165, 1.54) is 0 Å². The maximum atomic E-state index is 13.2. The monoisotopic (exact) mass is 418 g/mol. The molecular weight excluding hydrogens is 392 g/mol. The number of hydrogen-bond donors (Lipinski definition) is 1. The second-order valence-electron chi connectivity index (χ2n) is 9.03. The predicted octanol–water partition coefficient (Wildman–Crippen LogP) is 1.59. The molecule has 29 heavy (non-hydrogen) atoms. The number of fused-ring (bicyclic) bond motifs is 3. The Balaban J connectivity index is 1.34. The summed E-state index contributed by atoms with van der Waals surface area (Å²) in [4.78, 5) is 27.6. The molecule has 2 amide bonds. The van der Waals surface area contributed by atoms with Gasteiger partial charge in [-0.15, -0.1) is 0 Å². The van der Waals surface area contributed by atoms with Crippen LogP contribution in [0.1, 0.15) is 42.5 Å². The lowest BCUT2D eigenvalue weighted by molar-refractivity contribution is -0.155. The minimum atomic E-state index is -3.03. The zero-order valence-electron chi connectivity index (χ0n) is 16.5. The molecule has 2 aliphatic heterocycles. The Morgan fingerprint density at radius 1 is 1.24 bits per heavy atom. The van der Waals surface area contributed by atoms with Crippen LogP contribution < -0.4 is 10.1 Å². The van der Waals surface area contributed by atoms with Crippen LogP contribution >= 0.6 is 0 Å². The SMILES string of the molecule is CN(C(=O)C1CC2CCC1CC21NC(=O)c2ccccc2O1)C1CCS(=O)(=O)C1. The molecule has 2 heterocycles. The molecule has 3 saturated carbocycles. The van der Waals surface area contributed by atoms with Gasteiger partial charge in [0.25, 0.3) is 5.91 Å². The van der Waals surface area contributed by atoms with Crippen molar-refractivity contribution in [2.75, 3.05) is 18.6 Å². The Hall–Kier alpha value is -2.09. The topological polar surface area (TPSA) is 92.8 Å². The molecule has 2 bridgehead atoms. The van der Waals surface area contributed by atoms with E-state index in [4.69, 9.17) is 4.74 Å². The van der Waals surface area contributed by atoms with Crippen molar-refractivity contribution in [2.24, 2.45) is 17.8 Å². The van der Waals surface area contributed by atoms with Crippen molar-refractivity contribution >= 4 is 21.7 Å². The summed E-state index contributed by atoms with van der Waals surface area (Å²) in [5.74, 6) is 0.822. The molecule has 1 aromatic carbocycles. The summed E-state index contributed by atoms with van der Waals surface area (Å²) in [6.07, 6.45) is 3.64. The summed E-state index contributed by atoms with van der Waals surface area (Å²) in [6.45, 7) is 0. The average Bonchev–Trinajstić information content (AvgIpc) is 3.07. The van der Waals surface area contributed by atoms with Crippen LogP contribution in [0.3, 0.4) is 0 Å². The maximum Gasteiger partial charge on any atom is 0.258 e. The summed E-state index contributed by atoms with van der Waals surface area (Å²) < 4.78 is 30.0. The van der Waals surface area contributed by atoms with Gasteiger partial charge in [-0.1, -0.05) is 12.1 Å². The smallest absolute Gasteiger partial charge is 0.258 e. The van der Waals surface area contributed by atoms with Gasteiger partial charge in [-0.3, -0.25) is 9.59 Å². The van der Waals surface area contributed by atoms with Gasteiger partial charge in [0.15, 0.2) is 15.6 Å². The van der Waals surface area contributed by atoms with Crippen molar-refractivity contribution in [1.82, 2.24) is 10.2 Å². The number of rotatable bonds is 2. The zero-order valence-corrected chi connectivity index (χ0v) is 17.3. The normalized spacial score (nSPS) is 36.9. The van der Waals surface area contributed by atoms with Crippen molar-refractivity contribution in [3.63, 3.8) is 0 Å². The van der Waals surface area contributed by atoms with E-state index >= 15 is 0 Å². The third-order valence-corrected chi connectivity index (χ3v) is 9.14. The maximum absolute atomic E-state index is 13.2. The number of nitrogens with zero attached hydrogens (tertiary/aromatic N) is 1. The third-order valence-electron chi connectivity index (χ3n) is 7.39. The molecule has 4 fully saturated rings. The highest BCUT2D eigenvalue weighted by Crippen LogP contribution is 2.52.